The predicted octanol–water partition coefficient (Wildman–Crippen LogP) is 5.14. The molecule has 0 heteroatoms. The first kappa shape index (κ1) is 11.3. The monoisotopic (exact) mass is 233 g/mol. The molecule has 0 saturated carbocycles. The van der Waals surface area contributed by atoms with Gasteiger partial charge in [-0.1, -0.05) is 55.8 Å². The van der Waals surface area contributed by atoms with Crippen LogP contribution in [-0.2, 0) is 6.42 Å². The molecule has 18 heavy (non-hydrogen) atoms. The topological polar surface area (TPSA) is 0 Å². The summed E-state index contributed by atoms with van der Waals surface area (Å²) in [5, 5.41) is 5.34. The number of hydrogen-bond donors (Lipinski definition) is 0. The van der Waals surface area contributed by atoms with Crippen molar-refractivity contribution in [2.75, 3.05) is 0 Å². The molecule has 0 unspecified atom stereocenters. The number of hydrogen-bond acceptors (Lipinski definition) is 0. The summed E-state index contributed by atoms with van der Waals surface area (Å²) in [6.07, 6.45) is 3.64. The minimum atomic E-state index is 1.16. The molecule has 3 aromatic rings. The van der Waals surface area contributed by atoms with E-state index in [-0.39, 0.29) is 0 Å². The number of aryl methyl sites for hydroxylation is 1. The predicted molar refractivity (Wildman–Crippen MR) is 78.9 cm³/mol. The summed E-state index contributed by atoms with van der Waals surface area (Å²) in [5.41, 5.74) is 1.49. The summed E-state index contributed by atoms with van der Waals surface area (Å²) in [4.78, 5) is 0. The Bertz CT molecular complexity index is 626. The molecule has 0 aliphatic rings. The van der Waals surface area contributed by atoms with E-state index >= 15 is 0 Å². The lowest BCUT2D eigenvalue weighted by Crippen LogP contribution is -1.90. The Balaban J connectivity index is 2.34. The van der Waals surface area contributed by atoms with Crippen LogP contribution in [0.15, 0.2) is 48.5 Å². The second kappa shape index (κ2) is 4.81. The van der Waals surface area contributed by atoms with Crippen molar-refractivity contribution in [1.29, 1.82) is 0 Å². The lowest BCUT2D eigenvalue weighted by Gasteiger charge is -2.10. The smallest absolute Gasteiger partial charge is 0.00960 e. The molecule has 0 N–H and O–H groups in total. The molecular formula is C18H17. The molecule has 0 aromatic heterocycles. The normalized spacial score (nSPS) is 11.2. The summed E-state index contributed by atoms with van der Waals surface area (Å²) in [7, 11) is 0. The van der Waals surface area contributed by atoms with Crippen LogP contribution in [-0.4, -0.2) is 0 Å². The number of rotatable bonds is 3. The summed E-state index contributed by atoms with van der Waals surface area (Å²) < 4.78 is 0. The molecule has 0 bridgehead atoms. The van der Waals surface area contributed by atoms with Crippen molar-refractivity contribution in [2.45, 2.75) is 26.2 Å². The first-order chi connectivity index (χ1) is 8.90. The molecule has 0 saturated heterocycles. The molecule has 0 aliphatic heterocycles. The van der Waals surface area contributed by atoms with E-state index in [0.717, 1.165) is 6.42 Å². The van der Waals surface area contributed by atoms with Crippen molar-refractivity contribution < 1.29 is 0 Å². The van der Waals surface area contributed by atoms with Crippen LogP contribution < -0.4 is 0 Å². The Morgan fingerprint density at radius 1 is 1.00 bits per heavy atom. The van der Waals surface area contributed by atoms with Gasteiger partial charge in [0.15, 0.2) is 0 Å². The summed E-state index contributed by atoms with van der Waals surface area (Å²) in [6, 6.07) is 20.6. The number of unbranched alkanes of at least 4 members (excludes halogenated alkanes) is 1. The molecule has 0 heterocycles. The highest BCUT2D eigenvalue weighted by molar-refractivity contribution is 6.01. The minimum Gasteiger partial charge on any atom is -0.0654 e. The van der Waals surface area contributed by atoms with E-state index in [9.17, 15) is 0 Å². The van der Waals surface area contributed by atoms with Gasteiger partial charge in [0.25, 0.3) is 0 Å². The van der Waals surface area contributed by atoms with Crippen LogP contribution in [0, 0.1) is 6.07 Å². The Labute approximate surface area is 108 Å². The molecule has 0 nitrogen and oxygen atoms in total. The van der Waals surface area contributed by atoms with Gasteiger partial charge < -0.3 is 0 Å². The zero-order valence-electron chi connectivity index (χ0n) is 10.7. The molecule has 0 atom stereocenters. The van der Waals surface area contributed by atoms with Crippen molar-refractivity contribution in [3.63, 3.8) is 0 Å². The van der Waals surface area contributed by atoms with E-state index < -0.39 is 0 Å². The van der Waals surface area contributed by atoms with Gasteiger partial charge in [0.2, 0.25) is 0 Å². The highest BCUT2D eigenvalue weighted by Crippen LogP contribution is 2.29. The third kappa shape index (κ3) is 1.88. The standard InChI is InChI=1S/C18H17/c1-2-3-10-18-16-11-6-4-8-14(16)13-15-9-5-7-12-17(15)18/h4-8,11-13H,2-3,10H2,1H3. The van der Waals surface area contributed by atoms with Crippen molar-refractivity contribution in [1.82, 2.24) is 0 Å². The Morgan fingerprint density at radius 3 is 2.72 bits per heavy atom. The zero-order valence-corrected chi connectivity index (χ0v) is 10.7. The Morgan fingerprint density at radius 2 is 1.83 bits per heavy atom. The molecular weight excluding hydrogens is 216 g/mol. The van der Waals surface area contributed by atoms with E-state index in [1.807, 2.05) is 6.07 Å². The second-order valence-corrected chi connectivity index (χ2v) is 4.81. The van der Waals surface area contributed by atoms with Crippen LogP contribution in [0.2, 0.25) is 0 Å². The molecule has 3 rings (SSSR count). The Hall–Kier alpha value is -1.82. The van der Waals surface area contributed by atoms with Crippen LogP contribution in [0.25, 0.3) is 21.5 Å². The highest BCUT2D eigenvalue weighted by atomic mass is 14.1. The molecule has 89 valence electrons. The van der Waals surface area contributed by atoms with Crippen LogP contribution >= 0.6 is 0 Å². The molecule has 0 fully saturated rings. The van der Waals surface area contributed by atoms with E-state index in [1.54, 1.807) is 0 Å². The van der Waals surface area contributed by atoms with Gasteiger partial charge >= 0.3 is 0 Å². The summed E-state index contributed by atoms with van der Waals surface area (Å²) in [6.45, 7) is 2.25. The maximum absolute atomic E-state index is 3.36. The van der Waals surface area contributed by atoms with Crippen molar-refractivity contribution in [3.8, 4) is 0 Å². The lowest BCUT2D eigenvalue weighted by molar-refractivity contribution is 0.802. The van der Waals surface area contributed by atoms with E-state index in [1.165, 1.54) is 39.9 Å². The molecule has 0 aliphatic carbocycles. The summed E-state index contributed by atoms with van der Waals surface area (Å²) in [5.74, 6) is 0. The highest BCUT2D eigenvalue weighted by Gasteiger charge is 2.06. The van der Waals surface area contributed by atoms with Gasteiger partial charge in [0.05, 0.1) is 0 Å². The van der Waals surface area contributed by atoms with Crippen LogP contribution in [0.4, 0.5) is 0 Å². The molecule has 1 radical (unpaired) electrons. The van der Waals surface area contributed by atoms with Gasteiger partial charge in [-0.05, 0) is 52.1 Å². The third-order valence-corrected chi connectivity index (χ3v) is 3.58. The first-order valence-corrected chi connectivity index (χ1v) is 6.71. The van der Waals surface area contributed by atoms with Gasteiger partial charge in [0, 0.05) is 0 Å². The van der Waals surface area contributed by atoms with Crippen LogP contribution in [0.3, 0.4) is 0 Å². The fourth-order valence-electron chi connectivity index (χ4n) is 2.65. The number of fused-ring (bicyclic) bond motifs is 2. The van der Waals surface area contributed by atoms with Gasteiger partial charge in [-0.2, -0.15) is 0 Å². The largest absolute Gasteiger partial charge is 0.0654 e. The van der Waals surface area contributed by atoms with E-state index in [0.29, 0.717) is 0 Å². The fourth-order valence-corrected chi connectivity index (χ4v) is 2.65. The minimum absolute atomic E-state index is 1.16. The third-order valence-electron chi connectivity index (χ3n) is 3.58. The van der Waals surface area contributed by atoms with Crippen LogP contribution in [0.5, 0.6) is 0 Å². The van der Waals surface area contributed by atoms with Crippen molar-refractivity contribution in [3.05, 3.63) is 60.2 Å². The fraction of sp³-hybridized carbons (Fsp3) is 0.222. The van der Waals surface area contributed by atoms with Gasteiger partial charge in [0.1, 0.15) is 0 Å². The van der Waals surface area contributed by atoms with Crippen molar-refractivity contribution >= 4 is 21.5 Å². The molecule has 0 spiro atoms. The van der Waals surface area contributed by atoms with Gasteiger partial charge in [-0.3, -0.25) is 0 Å². The summed E-state index contributed by atoms with van der Waals surface area (Å²) >= 11 is 0. The SMILES string of the molecule is CCCCc1c2ccc[c]c2cc2ccccc12. The van der Waals surface area contributed by atoms with Gasteiger partial charge in [-0.15, -0.1) is 0 Å². The first-order valence-electron chi connectivity index (χ1n) is 6.71. The van der Waals surface area contributed by atoms with Crippen molar-refractivity contribution in [2.24, 2.45) is 0 Å². The average Bonchev–Trinajstić information content (AvgIpc) is 2.43. The van der Waals surface area contributed by atoms with E-state index in [4.69, 9.17) is 0 Å². The van der Waals surface area contributed by atoms with E-state index in [2.05, 4.69) is 55.5 Å². The maximum atomic E-state index is 3.36. The maximum Gasteiger partial charge on any atom is -0.00960 e. The Kier molecular flexibility index (Phi) is 3.02. The lowest BCUT2D eigenvalue weighted by atomic mass is 9.94. The molecule has 0 amide bonds. The quantitative estimate of drug-likeness (QED) is 0.550. The number of benzene rings is 3. The van der Waals surface area contributed by atoms with Gasteiger partial charge in [-0.25, -0.2) is 0 Å². The second-order valence-electron chi connectivity index (χ2n) is 4.81. The average molecular weight is 233 g/mol. The zero-order chi connectivity index (χ0) is 12.4. The molecule has 3 aromatic carbocycles. The van der Waals surface area contributed by atoms with Crippen LogP contribution in [0.1, 0.15) is 25.3 Å².